The van der Waals surface area contributed by atoms with Crippen molar-refractivity contribution in [1.82, 2.24) is 0 Å². The zero-order chi connectivity index (χ0) is 16.7. The first-order valence-electron chi connectivity index (χ1n) is 7.61. The molecule has 1 unspecified atom stereocenters. The van der Waals surface area contributed by atoms with Crippen molar-refractivity contribution in [2.24, 2.45) is 4.99 Å². The van der Waals surface area contributed by atoms with Gasteiger partial charge in [-0.1, -0.05) is 18.2 Å². The summed E-state index contributed by atoms with van der Waals surface area (Å²) in [5.41, 5.74) is 3.10. The molecule has 1 amide bonds. The molecule has 0 fully saturated rings. The molecule has 2 aliphatic rings. The van der Waals surface area contributed by atoms with Crippen LogP contribution in [0, 0.1) is 0 Å². The van der Waals surface area contributed by atoms with E-state index in [0.29, 0.717) is 22.7 Å². The number of benzene rings is 2. The highest BCUT2D eigenvalue weighted by atomic mass is 17.2. The first-order valence-corrected chi connectivity index (χ1v) is 7.61. The Labute approximate surface area is 139 Å². The van der Waals surface area contributed by atoms with Crippen LogP contribution in [-0.4, -0.2) is 32.4 Å². The Bertz CT molecular complexity index is 847. The van der Waals surface area contributed by atoms with Gasteiger partial charge in [-0.2, -0.15) is 4.89 Å². The number of rotatable bonds is 3. The molecule has 0 radical (unpaired) electrons. The number of para-hydroxylation sites is 1. The maximum Gasteiger partial charge on any atom is 0.261 e. The summed E-state index contributed by atoms with van der Waals surface area (Å²) in [7, 11) is 2.93. The number of ether oxygens (including phenoxy) is 1. The second-order valence-electron chi connectivity index (χ2n) is 5.62. The molecule has 2 aromatic carbocycles. The van der Waals surface area contributed by atoms with E-state index in [1.54, 1.807) is 17.0 Å². The fourth-order valence-electron chi connectivity index (χ4n) is 3.23. The lowest BCUT2D eigenvalue weighted by Gasteiger charge is -2.21. The highest BCUT2D eigenvalue weighted by molar-refractivity contribution is 6.14. The standard InChI is InChI=1S/C18H16N2O4/c1-22-16-8-13-14(9-17(16)24-23-2)19-10-12-7-11-5-3-4-6-15(11)20(12)18(13)21/h3-6,8-10,12H,7H2,1-2H3. The fourth-order valence-corrected chi connectivity index (χ4v) is 3.23. The third kappa shape index (κ3) is 2.15. The van der Waals surface area contributed by atoms with Gasteiger partial charge in [0.05, 0.1) is 31.5 Å². The second-order valence-corrected chi connectivity index (χ2v) is 5.62. The first kappa shape index (κ1) is 14.7. The van der Waals surface area contributed by atoms with E-state index in [2.05, 4.69) is 4.99 Å². The van der Waals surface area contributed by atoms with Gasteiger partial charge in [-0.15, -0.1) is 0 Å². The molecule has 0 saturated heterocycles. The average Bonchev–Trinajstić information content (AvgIpc) is 2.92. The molecule has 2 aliphatic heterocycles. The molecule has 122 valence electrons. The van der Waals surface area contributed by atoms with Crippen molar-refractivity contribution in [1.29, 1.82) is 0 Å². The summed E-state index contributed by atoms with van der Waals surface area (Å²) in [5, 5.41) is 0. The Hall–Kier alpha value is -2.86. The van der Waals surface area contributed by atoms with Crippen molar-refractivity contribution in [2.45, 2.75) is 12.5 Å². The van der Waals surface area contributed by atoms with Gasteiger partial charge in [0.2, 0.25) is 5.75 Å². The molecule has 24 heavy (non-hydrogen) atoms. The van der Waals surface area contributed by atoms with Crippen LogP contribution in [0.25, 0.3) is 0 Å². The van der Waals surface area contributed by atoms with E-state index >= 15 is 0 Å². The minimum absolute atomic E-state index is 0.0833. The number of amides is 1. The Morgan fingerprint density at radius 3 is 2.79 bits per heavy atom. The van der Waals surface area contributed by atoms with Crippen LogP contribution in [0.5, 0.6) is 11.5 Å². The molecule has 0 N–H and O–H groups in total. The molecule has 2 heterocycles. The van der Waals surface area contributed by atoms with Crippen LogP contribution in [0.4, 0.5) is 11.4 Å². The Balaban J connectivity index is 1.84. The largest absolute Gasteiger partial charge is 0.493 e. The molecule has 0 aromatic heterocycles. The minimum atomic E-state index is -0.0975. The molecule has 0 bridgehead atoms. The number of nitrogens with zero attached hydrogens (tertiary/aromatic N) is 2. The van der Waals surface area contributed by atoms with Crippen LogP contribution in [0.1, 0.15) is 15.9 Å². The van der Waals surface area contributed by atoms with E-state index in [-0.39, 0.29) is 11.9 Å². The van der Waals surface area contributed by atoms with Crippen molar-refractivity contribution in [3.8, 4) is 11.5 Å². The number of aliphatic imine (C=N–C) groups is 1. The van der Waals surface area contributed by atoms with Crippen LogP contribution < -0.4 is 14.5 Å². The number of hydrogen-bond donors (Lipinski definition) is 0. The third-order valence-corrected chi connectivity index (χ3v) is 4.30. The molecule has 2 aromatic rings. The fraction of sp³-hybridized carbons (Fsp3) is 0.222. The van der Waals surface area contributed by atoms with Crippen molar-refractivity contribution >= 4 is 23.5 Å². The van der Waals surface area contributed by atoms with Crippen LogP contribution in [0.3, 0.4) is 0 Å². The van der Waals surface area contributed by atoms with Crippen LogP contribution >= 0.6 is 0 Å². The highest BCUT2D eigenvalue weighted by Crippen LogP contribution is 2.40. The molecule has 0 aliphatic carbocycles. The third-order valence-electron chi connectivity index (χ3n) is 4.30. The summed E-state index contributed by atoms with van der Waals surface area (Å²) >= 11 is 0. The number of anilines is 1. The predicted molar refractivity (Wildman–Crippen MR) is 89.5 cm³/mol. The molecule has 0 spiro atoms. The maximum atomic E-state index is 13.1. The van der Waals surface area contributed by atoms with Crippen molar-refractivity contribution in [3.05, 3.63) is 47.5 Å². The van der Waals surface area contributed by atoms with Gasteiger partial charge < -0.3 is 9.62 Å². The lowest BCUT2D eigenvalue weighted by Crippen LogP contribution is -2.37. The lowest BCUT2D eigenvalue weighted by atomic mass is 10.1. The lowest BCUT2D eigenvalue weighted by molar-refractivity contribution is -0.179. The van der Waals surface area contributed by atoms with Crippen molar-refractivity contribution in [2.75, 3.05) is 19.1 Å². The zero-order valence-electron chi connectivity index (χ0n) is 13.4. The van der Waals surface area contributed by atoms with Gasteiger partial charge in [-0.05, 0) is 17.7 Å². The Kier molecular flexibility index (Phi) is 3.46. The van der Waals surface area contributed by atoms with Crippen molar-refractivity contribution in [3.63, 3.8) is 0 Å². The van der Waals surface area contributed by atoms with Gasteiger partial charge in [0.1, 0.15) is 0 Å². The van der Waals surface area contributed by atoms with Gasteiger partial charge in [-0.3, -0.25) is 14.7 Å². The van der Waals surface area contributed by atoms with Gasteiger partial charge >= 0.3 is 0 Å². The Morgan fingerprint density at radius 2 is 2.00 bits per heavy atom. The first-order chi connectivity index (χ1) is 11.7. The second kappa shape index (κ2) is 5.65. The normalized spacial score (nSPS) is 17.8. The van der Waals surface area contributed by atoms with E-state index in [4.69, 9.17) is 14.5 Å². The number of fused-ring (bicyclic) bond motifs is 4. The Morgan fingerprint density at radius 1 is 1.17 bits per heavy atom. The number of carbonyl (C=O) groups is 1. The minimum Gasteiger partial charge on any atom is -0.493 e. The number of methoxy groups -OCH3 is 1. The molecule has 1 atom stereocenters. The highest BCUT2D eigenvalue weighted by Gasteiger charge is 2.36. The molecule has 0 saturated carbocycles. The van der Waals surface area contributed by atoms with Gasteiger partial charge in [0.15, 0.2) is 5.75 Å². The summed E-state index contributed by atoms with van der Waals surface area (Å²) in [4.78, 5) is 29.2. The monoisotopic (exact) mass is 324 g/mol. The summed E-state index contributed by atoms with van der Waals surface area (Å²) < 4.78 is 5.31. The van der Waals surface area contributed by atoms with E-state index in [9.17, 15) is 4.79 Å². The van der Waals surface area contributed by atoms with E-state index in [1.807, 2.05) is 30.5 Å². The quantitative estimate of drug-likeness (QED) is 0.643. The molecule has 6 nitrogen and oxygen atoms in total. The van der Waals surface area contributed by atoms with E-state index < -0.39 is 0 Å². The number of carbonyl (C=O) groups excluding carboxylic acids is 1. The smallest absolute Gasteiger partial charge is 0.261 e. The SMILES string of the molecule is COOc1cc2c(cc1OC)C(=O)N1c3ccccc3CC1C=N2. The number of hydrogen-bond acceptors (Lipinski definition) is 5. The molecule has 4 rings (SSSR count). The molecule has 6 heteroatoms. The van der Waals surface area contributed by atoms with Gasteiger partial charge in [-0.25, -0.2) is 0 Å². The van der Waals surface area contributed by atoms with Crippen LogP contribution in [0.15, 0.2) is 41.4 Å². The van der Waals surface area contributed by atoms with Gasteiger partial charge in [0, 0.05) is 24.4 Å². The average molecular weight is 324 g/mol. The topological polar surface area (TPSA) is 60.4 Å². The van der Waals surface area contributed by atoms with Crippen LogP contribution in [0.2, 0.25) is 0 Å². The van der Waals surface area contributed by atoms with Crippen molar-refractivity contribution < 1.29 is 19.3 Å². The van der Waals surface area contributed by atoms with Crippen LogP contribution in [-0.2, 0) is 11.3 Å². The maximum absolute atomic E-state index is 13.1. The van der Waals surface area contributed by atoms with E-state index in [0.717, 1.165) is 17.7 Å². The summed E-state index contributed by atoms with van der Waals surface area (Å²) in [6, 6.07) is 11.1. The predicted octanol–water partition coefficient (Wildman–Crippen LogP) is 2.92. The summed E-state index contributed by atoms with van der Waals surface area (Å²) in [5.74, 6) is 0.705. The summed E-state index contributed by atoms with van der Waals surface area (Å²) in [6.07, 6.45) is 2.57. The van der Waals surface area contributed by atoms with Gasteiger partial charge in [0.25, 0.3) is 5.91 Å². The zero-order valence-corrected chi connectivity index (χ0v) is 13.4. The molecular formula is C18H16N2O4. The summed E-state index contributed by atoms with van der Waals surface area (Å²) in [6.45, 7) is 0. The van der Waals surface area contributed by atoms with E-state index in [1.165, 1.54) is 14.2 Å². The molecular weight excluding hydrogens is 308 g/mol.